The number of amides is 2. The summed E-state index contributed by atoms with van der Waals surface area (Å²) in [4.78, 5) is 32.0. The summed E-state index contributed by atoms with van der Waals surface area (Å²) in [5.74, 6) is -0.787. The number of hydrogen-bond donors (Lipinski definition) is 1. The third-order valence-electron chi connectivity index (χ3n) is 5.22. The van der Waals surface area contributed by atoms with Gasteiger partial charge < -0.3 is 5.32 Å². The smallest absolute Gasteiger partial charge is 0.349 e. The summed E-state index contributed by atoms with van der Waals surface area (Å²) in [7, 11) is 0. The second-order valence-corrected chi connectivity index (χ2v) is 10.3. The number of hydrogen-bond acceptors (Lipinski definition) is 4. The van der Waals surface area contributed by atoms with Gasteiger partial charge in [0.05, 0.1) is 5.56 Å². The second kappa shape index (κ2) is 10.2. The van der Waals surface area contributed by atoms with E-state index < -0.39 is 35.3 Å². The molecule has 0 saturated heterocycles. The molecule has 2 aromatic heterocycles. The number of nitrogens with zero attached hydrogens (tertiary/aromatic N) is 2. The SMILES string of the molecule is CC(C)c1ccc(N(C(=O)c2ccc(C(F)(F)F)nc2)C(C(=O)NC(C)(C)C)c2ccsc2)cc1. The number of halogens is 3. The van der Waals surface area contributed by atoms with Crippen LogP contribution in [-0.4, -0.2) is 22.3 Å². The molecule has 0 spiro atoms. The van der Waals surface area contributed by atoms with E-state index in [1.165, 1.54) is 16.2 Å². The van der Waals surface area contributed by atoms with E-state index in [1.807, 2.05) is 46.8 Å². The van der Waals surface area contributed by atoms with Crippen LogP contribution in [0.5, 0.6) is 0 Å². The molecular formula is C26H28F3N3O2S. The maximum Gasteiger partial charge on any atom is 0.433 e. The van der Waals surface area contributed by atoms with Gasteiger partial charge in [0.1, 0.15) is 11.7 Å². The highest BCUT2D eigenvalue weighted by molar-refractivity contribution is 7.08. The number of carbonyl (C=O) groups is 2. The van der Waals surface area contributed by atoms with Crippen LogP contribution < -0.4 is 10.2 Å². The van der Waals surface area contributed by atoms with Crippen LogP contribution in [0.15, 0.2) is 59.4 Å². The maximum atomic E-state index is 13.8. The van der Waals surface area contributed by atoms with E-state index in [0.29, 0.717) is 11.3 Å². The number of rotatable bonds is 6. The molecule has 2 amide bonds. The van der Waals surface area contributed by atoms with Crippen molar-refractivity contribution in [2.45, 2.75) is 58.3 Å². The van der Waals surface area contributed by atoms with E-state index in [0.717, 1.165) is 23.9 Å². The maximum absolute atomic E-state index is 13.8. The van der Waals surface area contributed by atoms with Crippen LogP contribution in [0.2, 0.25) is 0 Å². The van der Waals surface area contributed by atoms with Crippen molar-refractivity contribution < 1.29 is 22.8 Å². The Morgan fingerprint density at radius 2 is 1.63 bits per heavy atom. The van der Waals surface area contributed by atoms with Crippen LogP contribution in [0.3, 0.4) is 0 Å². The fourth-order valence-electron chi connectivity index (χ4n) is 3.52. The molecule has 186 valence electrons. The Labute approximate surface area is 207 Å². The number of pyridine rings is 1. The van der Waals surface area contributed by atoms with Gasteiger partial charge >= 0.3 is 6.18 Å². The lowest BCUT2D eigenvalue weighted by atomic mass is 10.00. The van der Waals surface area contributed by atoms with E-state index in [2.05, 4.69) is 10.3 Å². The minimum absolute atomic E-state index is 0.0604. The standard InChI is InChI=1S/C26H28F3N3O2S/c1-16(2)17-6-9-20(10-7-17)32(24(34)18-8-11-21(30-14-18)26(27,28)29)22(19-12-13-35-15-19)23(33)31-25(3,4)5/h6-16,22H,1-5H3,(H,31,33). The summed E-state index contributed by atoms with van der Waals surface area (Å²) in [6.07, 6.45) is -3.73. The topological polar surface area (TPSA) is 62.3 Å². The Hall–Kier alpha value is -3.20. The van der Waals surface area contributed by atoms with Gasteiger partial charge in [0.15, 0.2) is 0 Å². The molecular weight excluding hydrogens is 475 g/mol. The molecule has 0 fully saturated rings. The molecule has 3 rings (SSSR count). The third kappa shape index (κ3) is 6.48. The van der Waals surface area contributed by atoms with Crippen molar-refractivity contribution in [1.82, 2.24) is 10.3 Å². The van der Waals surface area contributed by atoms with Gasteiger partial charge in [0.2, 0.25) is 5.91 Å². The molecule has 5 nitrogen and oxygen atoms in total. The summed E-state index contributed by atoms with van der Waals surface area (Å²) in [5, 5.41) is 6.51. The van der Waals surface area contributed by atoms with Crippen LogP contribution in [0.1, 0.15) is 73.8 Å². The van der Waals surface area contributed by atoms with Crippen LogP contribution >= 0.6 is 11.3 Å². The lowest BCUT2D eigenvalue weighted by Crippen LogP contribution is -2.49. The van der Waals surface area contributed by atoms with Crippen molar-refractivity contribution in [2.75, 3.05) is 4.90 Å². The molecule has 0 aliphatic carbocycles. The molecule has 1 N–H and O–H groups in total. The first-order chi connectivity index (χ1) is 16.3. The van der Waals surface area contributed by atoms with Gasteiger partial charge in [-0.05, 0) is 78.9 Å². The minimum atomic E-state index is -4.63. The van der Waals surface area contributed by atoms with E-state index in [1.54, 1.807) is 29.0 Å². The predicted molar refractivity (Wildman–Crippen MR) is 132 cm³/mol. The van der Waals surface area contributed by atoms with Gasteiger partial charge in [0, 0.05) is 17.4 Å². The lowest BCUT2D eigenvalue weighted by molar-refractivity contribution is -0.141. The number of aromatic nitrogens is 1. The van der Waals surface area contributed by atoms with Crippen molar-refractivity contribution >= 4 is 28.8 Å². The number of thiophene rings is 1. The molecule has 0 bridgehead atoms. The first-order valence-corrected chi connectivity index (χ1v) is 12.0. The zero-order valence-electron chi connectivity index (χ0n) is 20.2. The molecule has 35 heavy (non-hydrogen) atoms. The van der Waals surface area contributed by atoms with E-state index in [4.69, 9.17) is 0 Å². The lowest BCUT2D eigenvalue weighted by Gasteiger charge is -2.33. The summed E-state index contributed by atoms with van der Waals surface area (Å²) < 4.78 is 39.0. The van der Waals surface area contributed by atoms with E-state index in [-0.39, 0.29) is 11.5 Å². The number of alkyl halides is 3. The highest BCUT2D eigenvalue weighted by Gasteiger charge is 2.36. The normalized spacial score (nSPS) is 12.9. The van der Waals surface area contributed by atoms with Crippen LogP contribution in [0.4, 0.5) is 18.9 Å². The van der Waals surface area contributed by atoms with Gasteiger partial charge in [-0.2, -0.15) is 24.5 Å². The number of benzene rings is 1. The Bertz CT molecular complexity index is 1150. The van der Waals surface area contributed by atoms with Gasteiger partial charge in [-0.3, -0.25) is 19.5 Å². The highest BCUT2D eigenvalue weighted by atomic mass is 32.1. The molecule has 3 aromatic rings. The summed E-state index contributed by atoms with van der Waals surface area (Å²) in [6.45, 7) is 9.57. The quantitative estimate of drug-likeness (QED) is 0.413. The van der Waals surface area contributed by atoms with Crippen LogP contribution in [-0.2, 0) is 11.0 Å². The first-order valence-electron chi connectivity index (χ1n) is 11.1. The van der Waals surface area contributed by atoms with Crippen LogP contribution in [0.25, 0.3) is 0 Å². The highest BCUT2D eigenvalue weighted by Crippen LogP contribution is 2.33. The van der Waals surface area contributed by atoms with Crippen molar-refractivity contribution in [2.24, 2.45) is 0 Å². The van der Waals surface area contributed by atoms with Crippen LogP contribution in [0, 0.1) is 0 Å². The number of carbonyl (C=O) groups excluding carboxylic acids is 2. The number of nitrogens with one attached hydrogen (secondary N) is 1. The van der Waals surface area contributed by atoms with Gasteiger partial charge in [0.25, 0.3) is 5.91 Å². The predicted octanol–water partition coefficient (Wildman–Crippen LogP) is 6.59. The summed E-state index contributed by atoms with van der Waals surface area (Å²) in [6, 6.07) is 9.80. The summed E-state index contributed by atoms with van der Waals surface area (Å²) >= 11 is 1.38. The van der Waals surface area contributed by atoms with Crippen molar-refractivity contribution in [3.05, 3.63) is 81.8 Å². The average Bonchev–Trinajstić information content (AvgIpc) is 3.29. The third-order valence-corrected chi connectivity index (χ3v) is 5.92. The minimum Gasteiger partial charge on any atom is -0.349 e. The van der Waals surface area contributed by atoms with E-state index >= 15 is 0 Å². The fourth-order valence-corrected chi connectivity index (χ4v) is 4.20. The summed E-state index contributed by atoms with van der Waals surface area (Å²) in [5.41, 5.74) is 0.356. The Balaban J connectivity index is 2.13. The van der Waals surface area contributed by atoms with Gasteiger partial charge in [-0.15, -0.1) is 0 Å². The largest absolute Gasteiger partial charge is 0.433 e. The van der Waals surface area contributed by atoms with Gasteiger partial charge in [-0.25, -0.2) is 0 Å². The monoisotopic (exact) mass is 503 g/mol. The van der Waals surface area contributed by atoms with Crippen molar-refractivity contribution in [3.8, 4) is 0 Å². The van der Waals surface area contributed by atoms with E-state index in [9.17, 15) is 22.8 Å². The Kier molecular flexibility index (Phi) is 7.69. The molecule has 1 aromatic carbocycles. The van der Waals surface area contributed by atoms with Crippen molar-refractivity contribution in [1.29, 1.82) is 0 Å². The number of anilines is 1. The molecule has 9 heteroatoms. The van der Waals surface area contributed by atoms with Gasteiger partial charge in [-0.1, -0.05) is 26.0 Å². The molecule has 0 aliphatic rings. The average molecular weight is 504 g/mol. The second-order valence-electron chi connectivity index (χ2n) is 9.55. The Morgan fingerprint density at radius 3 is 2.09 bits per heavy atom. The first kappa shape index (κ1) is 26.4. The molecule has 1 unspecified atom stereocenters. The molecule has 0 radical (unpaired) electrons. The molecule has 0 saturated carbocycles. The molecule has 2 heterocycles. The van der Waals surface area contributed by atoms with Crippen molar-refractivity contribution in [3.63, 3.8) is 0 Å². The zero-order chi connectivity index (χ0) is 26.0. The molecule has 0 aliphatic heterocycles. The Morgan fingerprint density at radius 1 is 0.971 bits per heavy atom. The fraction of sp³-hybridized carbons (Fsp3) is 0.346. The molecule has 1 atom stereocenters. The zero-order valence-corrected chi connectivity index (χ0v) is 21.0.